The lowest BCUT2D eigenvalue weighted by molar-refractivity contribution is 0.600. The number of benzene rings is 1. The van der Waals surface area contributed by atoms with Crippen LogP contribution in [0.4, 0.5) is 10.8 Å². The third-order valence-corrected chi connectivity index (χ3v) is 6.61. The Kier molecular flexibility index (Phi) is 4.67. The Balaban J connectivity index is 2.40. The summed E-state index contributed by atoms with van der Waals surface area (Å²) in [7, 11) is -3.78. The minimum absolute atomic E-state index is 0.0694. The number of nitrogens with zero attached hydrogens (tertiary/aromatic N) is 2. The molecule has 6 nitrogen and oxygen atoms in total. The maximum Gasteiger partial charge on any atom is 0.265 e. The molecule has 108 valence electrons. The molecule has 1 aromatic carbocycles. The third-order valence-electron chi connectivity index (χ3n) is 2.28. The molecule has 2 aromatic rings. The van der Waals surface area contributed by atoms with Crippen LogP contribution in [-0.4, -0.2) is 18.6 Å². The second-order valence-electron chi connectivity index (χ2n) is 3.77. The predicted octanol–water partition coefficient (Wildman–Crippen LogP) is 3.01. The van der Waals surface area contributed by atoms with E-state index in [1.807, 2.05) is 6.92 Å². The first-order valence-electron chi connectivity index (χ1n) is 5.43. The minimum atomic E-state index is -3.78. The third kappa shape index (κ3) is 3.30. The van der Waals surface area contributed by atoms with Crippen LogP contribution >= 0.6 is 43.2 Å². The van der Waals surface area contributed by atoms with Crippen molar-refractivity contribution in [3.05, 3.63) is 26.1 Å². The average molecular weight is 442 g/mol. The molecule has 0 saturated carbocycles. The molecule has 1 heterocycles. The van der Waals surface area contributed by atoms with Crippen molar-refractivity contribution in [3.63, 3.8) is 0 Å². The fourth-order valence-corrected chi connectivity index (χ4v) is 5.97. The lowest BCUT2D eigenvalue weighted by Crippen LogP contribution is -2.14. The molecule has 0 saturated heterocycles. The molecule has 0 amide bonds. The first-order chi connectivity index (χ1) is 9.33. The quantitative estimate of drug-likeness (QED) is 0.710. The predicted molar refractivity (Wildman–Crippen MR) is 86.3 cm³/mol. The van der Waals surface area contributed by atoms with Gasteiger partial charge in [-0.05, 0) is 50.4 Å². The van der Waals surface area contributed by atoms with Crippen molar-refractivity contribution >= 4 is 64.0 Å². The normalized spacial score (nSPS) is 11.6. The van der Waals surface area contributed by atoms with Gasteiger partial charge in [-0.15, -0.1) is 10.2 Å². The molecule has 0 bridgehead atoms. The number of sulfonamides is 1. The fourth-order valence-electron chi connectivity index (χ4n) is 1.44. The Bertz CT molecular complexity index is 722. The van der Waals surface area contributed by atoms with Gasteiger partial charge in [0.25, 0.3) is 10.0 Å². The van der Waals surface area contributed by atoms with Gasteiger partial charge >= 0.3 is 0 Å². The summed E-state index contributed by atoms with van der Waals surface area (Å²) < 4.78 is 27.9. The molecule has 0 aliphatic heterocycles. The topological polar surface area (TPSA) is 98.0 Å². The lowest BCUT2D eigenvalue weighted by Gasteiger charge is -2.10. The second-order valence-corrected chi connectivity index (χ2v) is 8.16. The van der Waals surface area contributed by atoms with Gasteiger partial charge in [-0.1, -0.05) is 18.3 Å². The highest BCUT2D eigenvalue weighted by atomic mass is 79.9. The van der Waals surface area contributed by atoms with Gasteiger partial charge in [-0.3, -0.25) is 4.72 Å². The smallest absolute Gasteiger partial charge is 0.265 e. The molecule has 20 heavy (non-hydrogen) atoms. The van der Waals surface area contributed by atoms with Crippen molar-refractivity contribution in [2.24, 2.45) is 0 Å². The Labute approximate surface area is 137 Å². The van der Waals surface area contributed by atoms with Gasteiger partial charge in [0, 0.05) is 14.6 Å². The molecule has 0 unspecified atom stereocenters. The molecular formula is C10H10Br2N4O2S2. The zero-order valence-corrected chi connectivity index (χ0v) is 15.0. The number of hydrogen-bond acceptors (Lipinski definition) is 6. The number of hydrogen-bond donors (Lipinski definition) is 2. The molecule has 0 spiro atoms. The van der Waals surface area contributed by atoms with Crippen molar-refractivity contribution in [1.29, 1.82) is 0 Å². The van der Waals surface area contributed by atoms with Crippen LogP contribution in [0.25, 0.3) is 0 Å². The summed E-state index contributed by atoms with van der Waals surface area (Å²) in [5, 5.41) is 8.66. The van der Waals surface area contributed by atoms with Crippen molar-refractivity contribution in [3.8, 4) is 0 Å². The van der Waals surface area contributed by atoms with Crippen LogP contribution in [0.2, 0.25) is 0 Å². The summed E-state index contributed by atoms with van der Waals surface area (Å²) in [4.78, 5) is 0.0694. The molecule has 1 aromatic heterocycles. The molecule has 2 rings (SSSR count). The Morgan fingerprint density at radius 3 is 2.40 bits per heavy atom. The number of nitrogen functional groups attached to an aromatic ring is 1. The molecular weight excluding hydrogens is 432 g/mol. The van der Waals surface area contributed by atoms with E-state index in [0.29, 0.717) is 21.1 Å². The molecule has 0 aliphatic carbocycles. The zero-order chi connectivity index (χ0) is 14.9. The summed E-state index contributed by atoms with van der Waals surface area (Å²) in [5.74, 6) is 0. The van der Waals surface area contributed by atoms with E-state index >= 15 is 0 Å². The highest BCUT2D eigenvalue weighted by molar-refractivity contribution is 9.11. The largest absolute Gasteiger partial charge is 0.399 e. The number of anilines is 2. The average Bonchev–Trinajstić information content (AvgIpc) is 2.73. The summed E-state index contributed by atoms with van der Waals surface area (Å²) in [6.07, 6.45) is 0.703. The van der Waals surface area contributed by atoms with Crippen LogP contribution in [0.3, 0.4) is 0 Å². The fraction of sp³-hybridized carbons (Fsp3) is 0.200. The SMILES string of the molecule is CCc1nnc(NS(=O)(=O)c2c(Br)cc(N)cc2Br)s1. The van der Waals surface area contributed by atoms with E-state index < -0.39 is 10.0 Å². The van der Waals surface area contributed by atoms with Gasteiger partial charge in [0.1, 0.15) is 9.90 Å². The van der Waals surface area contributed by atoms with Crippen molar-refractivity contribution in [2.75, 3.05) is 10.5 Å². The van der Waals surface area contributed by atoms with Crippen molar-refractivity contribution in [1.82, 2.24) is 10.2 Å². The first-order valence-corrected chi connectivity index (χ1v) is 9.31. The molecule has 3 N–H and O–H groups in total. The highest BCUT2D eigenvalue weighted by Crippen LogP contribution is 2.33. The van der Waals surface area contributed by atoms with Crippen molar-refractivity contribution in [2.45, 2.75) is 18.2 Å². The number of nitrogens with one attached hydrogen (secondary N) is 1. The van der Waals surface area contributed by atoms with Gasteiger partial charge < -0.3 is 5.73 Å². The molecule has 0 fully saturated rings. The Morgan fingerprint density at radius 2 is 1.90 bits per heavy atom. The maximum atomic E-state index is 12.4. The summed E-state index contributed by atoms with van der Waals surface area (Å²) in [6.45, 7) is 1.92. The van der Waals surface area contributed by atoms with E-state index in [1.165, 1.54) is 23.5 Å². The van der Waals surface area contributed by atoms with Crippen molar-refractivity contribution < 1.29 is 8.42 Å². The van der Waals surface area contributed by atoms with Crippen LogP contribution in [0.15, 0.2) is 26.0 Å². The number of rotatable bonds is 4. The van der Waals surface area contributed by atoms with Gasteiger partial charge in [0.05, 0.1) is 0 Å². The van der Waals surface area contributed by atoms with E-state index in [1.54, 1.807) is 0 Å². The van der Waals surface area contributed by atoms with Crippen LogP contribution in [0.5, 0.6) is 0 Å². The van der Waals surface area contributed by atoms with E-state index in [4.69, 9.17) is 5.73 Å². The summed E-state index contributed by atoms with van der Waals surface area (Å²) in [6, 6.07) is 3.05. The van der Waals surface area contributed by atoms with E-state index in [2.05, 4.69) is 46.8 Å². The first kappa shape index (κ1) is 15.7. The van der Waals surface area contributed by atoms with Crippen LogP contribution in [-0.2, 0) is 16.4 Å². The Hall–Kier alpha value is -0.710. The van der Waals surface area contributed by atoms with Crippen LogP contribution < -0.4 is 10.5 Å². The Morgan fingerprint density at radius 1 is 1.30 bits per heavy atom. The minimum Gasteiger partial charge on any atom is -0.399 e. The second kappa shape index (κ2) is 5.96. The number of aryl methyl sites for hydroxylation is 1. The van der Waals surface area contributed by atoms with E-state index in [9.17, 15) is 8.42 Å². The van der Waals surface area contributed by atoms with Crippen LogP contribution in [0, 0.1) is 0 Å². The zero-order valence-electron chi connectivity index (χ0n) is 10.2. The molecule has 0 radical (unpaired) electrons. The molecule has 10 heteroatoms. The summed E-state index contributed by atoms with van der Waals surface area (Å²) >= 11 is 7.61. The summed E-state index contributed by atoms with van der Waals surface area (Å²) in [5.41, 5.74) is 6.10. The highest BCUT2D eigenvalue weighted by Gasteiger charge is 2.23. The monoisotopic (exact) mass is 440 g/mol. The van der Waals surface area contributed by atoms with Gasteiger partial charge in [0.15, 0.2) is 0 Å². The maximum absolute atomic E-state index is 12.4. The molecule has 0 aliphatic rings. The number of aromatic nitrogens is 2. The van der Waals surface area contributed by atoms with Gasteiger partial charge in [-0.2, -0.15) is 0 Å². The van der Waals surface area contributed by atoms with Gasteiger partial charge in [-0.25, -0.2) is 8.42 Å². The van der Waals surface area contributed by atoms with Gasteiger partial charge in [0.2, 0.25) is 5.13 Å². The standard InChI is InChI=1S/C10H10Br2N4O2S2/c1-2-8-14-15-10(19-8)16-20(17,18)9-6(11)3-5(13)4-7(9)12/h3-4H,2,13H2,1H3,(H,15,16). The van der Waals surface area contributed by atoms with E-state index in [0.717, 1.165) is 5.01 Å². The molecule has 0 atom stereocenters. The van der Waals surface area contributed by atoms with E-state index in [-0.39, 0.29) is 10.0 Å². The number of halogens is 2. The lowest BCUT2D eigenvalue weighted by atomic mass is 10.3. The van der Waals surface area contributed by atoms with Crippen LogP contribution in [0.1, 0.15) is 11.9 Å². The number of nitrogens with two attached hydrogens (primary N) is 1.